The highest BCUT2D eigenvalue weighted by Crippen LogP contribution is 2.12. The Labute approximate surface area is 294 Å². The van der Waals surface area contributed by atoms with Crippen molar-refractivity contribution in [1.29, 1.82) is 0 Å². The quantitative estimate of drug-likeness (QED) is 0.0403. The number of allylic oxidation sites excluding steroid dienone is 4. The van der Waals surface area contributed by atoms with Crippen molar-refractivity contribution < 1.29 is 19.3 Å². The van der Waals surface area contributed by atoms with Crippen LogP contribution in [0, 0.1) is 0 Å². The Balaban J connectivity index is 3.74. The van der Waals surface area contributed by atoms with Crippen LogP contribution in [0.4, 0.5) is 0 Å². The molecule has 4 nitrogen and oxygen atoms in total. The molecule has 0 aromatic carbocycles. The van der Waals surface area contributed by atoms with Gasteiger partial charge >= 0.3 is 0 Å². The van der Waals surface area contributed by atoms with E-state index in [0.29, 0.717) is 19.6 Å². The molecule has 47 heavy (non-hydrogen) atoms. The molecule has 0 fully saturated rings. The highest BCUT2D eigenvalue weighted by atomic mass is 16.6. The summed E-state index contributed by atoms with van der Waals surface area (Å²) in [5, 5.41) is 8.95. The molecule has 1 unspecified atom stereocenters. The Bertz CT molecular complexity index is 644. The number of hydrogen-bond acceptors (Lipinski definition) is 4. The van der Waals surface area contributed by atoms with Crippen molar-refractivity contribution in [3.8, 4) is 0 Å². The molecular formula is C43H82O4. The Morgan fingerprint density at radius 2 is 0.830 bits per heavy atom. The number of rotatable bonds is 40. The molecule has 0 saturated heterocycles. The molecule has 278 valence electrons. The SMILES string of the molecule is CCCCCCCCC=CCCCCCCCCOCC(COC=CCCO)OCCCCCCCCC=CCCCCCCCC. The lowest BCUT2D eigenvalue weighted by molar-refractivity contribution is -0.0464. The van der Waals surface area contributed by atoms with Crippen molar-refractivity contribution in [3.63, 3.8) is 0 Å². The largest absolute Gasteiger partial charge is 0.499 e. The first kappa shape index (κ1) is 45.9. The molecule has 4 heteroatoms. The van der Waals surface area contributed by atoms with Gasteiger partial charge in [0, 0.05) is 19.8 Å². The molecule has 0 aromatic rings. The monoisotopic (exact) mass is 663 g/mol. The Morgan fingerprint density at radius 1 is 0.426 bits per heavy atom. The van der Waals surface area contributed by atoms with Gasteiger partial charge in [-0.1, -0.05) is 154 Å². The first-order valence-corrected chi connectivity index (χ1v) is 20.7. The third-order valence-corrected chi connectivity index (χ3v) is 8.88. The van der Waals surface area contributed by atoms with Crippen molar-refractivity contribution in [3.05, 3.63) is 36.6 Å². The predicted molar refractivity (Wildman–Crippen MR) is 206 cm³/mol. The molecule has 1 N–H and O–H groups in total. The van der Waals surface area contributed by atoms with Gasteiger partial charge in [-0.05, 0) is 76.7 Å². The van der Waals surface area contributed by atoms with Crippen LogP contribution in [0.3, 0.4) is 0 Å². The van der Waals surface area contributed by atoms with Crippen molar-refractivity contribution in [2.24, 2.45) is 0 Å². The summed E-state index contributed by atoms with van der Waals surface area (Å²) in [5.74, 6) is 0. The average Bonchev–Trinajstić information content (AvgIpc) is 3.08. The fourth-order valence-corrected chi connectivity index (χ4v) is 5.78. The lowest BCUT2D eigenvalue weighted by Gasteiger charge is -2.18. The zero-order valence-corrected chi connectivity index (χ0v) is 31.8. The van der Waals surface area contributed by atoms with Gasteiger partial charge in [-0.3, -0.25) is 0 Å². The summed E-state index contributed by atoms with van der Waals surface area (Å²) in [5.41, 5.74) is 0. The van der Waals surface area contributed by atoms with E-state index >= 15 is 0 Å². The van der Waals surface area contributed by atoms with Crippen molar-refractivity contribution in [2.75, 3.05) is 33.0 Å². The normalized spacial score (nSPS) is 12.7. The van der Waals surface area contributed by atoms with Crippen LogP contribution in [-0.4, -0.2) is 44.2 Å². The number of unbranched alkanes of at least 4 members (excludes halogenated alkanes) is 24. The topological polar surface area (TPSA) is 47.9 Å². The number of aliphatic hydroxyl groups is 1. The molecule has 0 spiro atoms. The van der Waals surface area contributed by atoms with Gasteiger partial charge in [0.05, 0.1) is 12.9 Å². The molecule has 0 aromatic heterocycles. The maximum Gasteiger partial charge on any atom is 0.116 e. The predicted octanol–water partition coefficient (Wildman–Crippen LogP) is 13.4. The third kappa shape index (κ3) is 41.0. The zero-order valence-electron chi connectivity index (χ0n) is 31.8. The Kier molecular flexibility index (Phi) is 41.9. The number of ether oxygens (including phenoxy) is 3. The van der Waals surface area contributed by atoms with Gasteiger partial charge in [0.25, 0.3) is 0 Å². The second kappa shape index (κ2) is 42.9. The van der Waals surface area contributed by atoms with Crippen LogP contribution < -0.4 is 0 Å². The summed E-state index contributed by atoms with van der Waals surface area (Å²) in [6.45, 7) is 7.38. The van der Waals surface area contributed by atoms with Crippen molar-refractivity contribution in [2.45, 2.75) is 206 Å². The van der Waals surface area contributed by atoms with Crippen LogP contribution in [0.5, 0.6) is 0 Å². The molecule has 0 aliphatic rings. The molecule has 0 bridgehead atoms. The Morgan fingerprint density at radius 3 is 1.28 bits per heavy atom. The van der Waals surface area contributed by atoms with Gasteiger partial charge in [0.15, 0.2) is 0 Å². The molecule has 0 heterocycles. The van der Waals surface area contributed by atoms with E-state index in [9.17, 15) is 0 Å². The van der Waals surface area contributed by atoms with Crippen LogP contribution in [-0.2, 0) is 14.2 Å². The first-order valence-electron chi connectivity index (χ1n) is 20.7. The van der Waals surface area contributed by atoms with Gasteiger partial charge in [-0.25, -0.2) is 0 Å². The van der Waals surface area contributed by atoms with E-state index in [2.05, 4.69) is 38.2 Å². The second-order valence-corrected chi connectivity index (χ2v) is 13.7. The lowest BCUT2D eigenvalue weighted by Crippen LogP contribution is -2.25. The molecule has 0 saturated carbocycles. The maximum absolute atomic E-state index is 8.95. The van der Waals surface area contributed by atoms with Crippen LogP contribution in [0.25, 0.3) is 0 Å². The fraction of sp³-hybridized carbons (Fsp3) is 0.860. The van der Waals surface area contributed by atoms with E-state index in [1.54, 1.807) is 6.26 Å². The summed E-state index contributed by atoms with van der Waals surface area (Å²) >= 11 is 0. The highest BCUT2D eigenvalue weighted by Gasteiger charge is 2.10. The number of hydrogen-bond donors (Lipinski definition) is 1. The number of aliphatic hydroxyl groups excluding tert-OH is 1. The van der Waals surface area contributed by atoms with E-state index < -0.39 is 0 Å². The minimum absolute atomic E-state index is 0.0361. The van der Waals surface area contributed by atoms with Crippen LogP contribution in [0.1, 0.15) is 200 Å². The highest BCUT2D eigenvalue weighted by molar-refractivity contribution is 4.82. The van der Waals surface area contributed by atoms with Gasteiger partial charge in [-0.15, -0.1) is 0 Å². The average molecular weight is 663 g/mol. The summed E-state index contributed by atoms with van der Waals surface area (Å²) < 4.78 is 17.8. The van der Waals surface area contributed by atoms with E-state index in [0.717, 1.165) is 26.1 Å². The van der Waals surface area contributed by atoms with Crippen LogP contribution in [0.15, 0.2) is 36.6 Å². The summed E-state index contributed by atoms with van der Waals surface area (Å²) in [4.78, 5) is 0. The fourth-order valence-electron chi connectivity index (χ4n) is 5.78. The van der Waals surface area contributed by atoms with E-state index in [4.69, 9.17) is 19.3 Å². The molecule has 0 amide bonds. The van der Waals surface area contributed by atoms with Gasteiger partial charge < -0.3 is 19.3 Å². The maximum atomic E-state index is 8.95. The van der Waals surface area contributed by atoms with E-state index in [1.807, 2.05) is 6.08 Å². The molecule has 0 aliphatic heterocycles. The summed E-state index contributed by atoms with van der Waals surface area (Å²) in [7, 11) is 0. The second-order valence-electron chi connectivity index (χ2n) is 13.7. The molecule has 1 atom stereocenters. The van der Waals surface area contributed by atoms with E-state index in [-0.39, 0.29) is 12.7 Å². The van der Waals surface area contributed by atoms with Crippen molar-refractivity contribution >= 4 is 0 Å². The molecule has 0 rings (SSSR count). The summed E-state index contributed by atoms with van der Waals surface area (Å²) in [6.07, 6.45) is 50.7. The third-order valence-electron chi connectivity index (χ3n) is 8.88. The van der Waals surface area contributed by atoms with Gasteiger partial charge in [-0.2, -0.15) is 0 Å². The Hall–Kier alpha value is -1.10. The smallest absolute Gasteiger partial charge is 0.116 e. The standard InChI is InChI=1S/C43H82O4/c1-3-5-7-9-11-13-15-17-19-21-23-25-27-29-31-34-38-45-41-43(42-46-39-36-33-37-44)47-40-35-32-30-28-26-24-22-20-18-16-14-12-10-8-6-4-2/h17-20,36,39,43-44H,3-16,21-35,37-38,40-42H2,1-2H3. The summed E-state index contributed by atoms with van der Waals surface area (Å²) in [6, 6.07) is 0. The molecule has 0 aliphatic carbocycles. The minimum Gasteiger partial charge on any atom is -0.499 e. The van der Waals surface area contributed by atoms with Gasteiger partial charge in [0.2, 0.25) is 0 Å². The molecule has 0 radical (unpaired) electrons. The zero-order chi connectivity index (χ0) is 34.0. The van der Waals surface area contributed by atoms with Crippen LogP contribution in [0.2, 0.25) is 0 Å². The lowest BCUT2D eigenvalue weighted by atomic mass is 10.1. The first-order chi connectivity index (χ1) is 23.3. The van der Waals surface area contributed by atoms with Crippen molar-refractivity contribution in [1.82, 2.24) is 0 Å². The van der Waals surface area contributed by atoms with Gasteiger partial charge in [0.1, 0.15) is 12.7 Å². The molecular weight excluding hydrogens is 580 g/mol. The van der Waals surface area contributed by atoms with Crippen LogP contribution >= 0.6 is 0 Å². The minimum atomic E-state index is -0.0361. The van der Waals surface area contributed by atoms with E-state index in [1.165, 1.54) is 167 Å².